The molecule has 0 spiro atoms. The predicted octanol–water partition coefficient (Wildman–Crippen LogP) is 3.98. The molecular formula is C11H26O2Si2. The second-order valence-corrected chi connectivity index (χ2v) is 15.5. The van der Waals surface area contributed by atoms with Gasteiger partial charge in [-0.15, -0.1) is 0 Å². The van der Waals surface area contributed by atoms with Crippen LogP contribution in [-0.4, -0.2) is 23.0 Å². The molecule has 0 unspecified atom stereocenters. The Morgan fingerprint density at radius 3 is 1.73 bits per heavy atom. The van der Waals surface area contributed by atoms with E-state index >= 15 is 0 Å². The zero-order chi connectivity index (χ0) is 12.3. The zero-order valence-electron chi connectivity index (χ0n) is 11.5. The first-order valence-corrected chi connectivity index (χ1v) is 12.5. The van der Waals surface area contributed by atoms with Crippen LogP contribution in [0.15, 0.2) is 11.1 Å². The van der Waals surface area contributed by atoms with Crippen LogP contribution in [0, 0.1) is 0 Å². The van der Waals surface area contributed by atoms with Crippen molar-refractivity contribution in [1.29, 1.82) is 0 Å². The van der Waals surface area contributed by atoms with Gasteiger partial charge < -0.3 is 9.16 Å². The third kappa shape index (κ3) is 6.04. The molecule has 0 rings (SSSR count). The van der Waals surface area contributed by atoms with Crippen molar-refractivity contribution in [2.45, 2.75) is 53.1 Å². The van der Waals surface area contributed by atoms with Crippen molar-refractivity contribution in [3.8, 4) is 0 Å². The Morgan fingerprint density at radius 1 is 1.00 bits per heavy atom. The van der Waals surface area contributed by atoms with Gasteiger partial charge in [-0.05, 0) is 38.7 Å². The molecule has 0 fully saturated rings. The van der Waals surface area contributed by atoms with E-state index in [1.165, 1.54) is 5.20 Å². The van der Waals surface area contributed by atoms with Gasteiger partial charge >= 0.3 is 0 Å². The van der Waals surface area contributed by atoms with Crippen LogP contribution in [0.4, 0.5) is 0 Å². The average molecular weight is 246 g/mol. The quantitative estimate of drug-likeness (QED) is 0.539. The van der Waals surface area contributed by atoms with Crippen LogP contribution in [0.5, 0.6) is 0 Å². The summed E-state index contributed by atoms with van der Waals surface area (Å²) in [5, 5.41) is 1.33. The van der Waals surface area contributed by atoms with E-state index in [4.69, 9.17) is 9.16 Å². The van der Waals surface area contributed by atoms with E-state index in [1.807, 2.05) is 6.92 Å². The largest absolute Gasteiger partial charge is 0.520 e. The van der Waals surface area contributed by atoms with Crippen LogP contribution in [0.3, 0.4) is 0 Å². The summed E-state index contributed by atoms with van der Waals surface area (Å²) in [6.07, 6.45) is 0. The minimum atomic E-state index is -1.56. The lowest BCUT2D eigenvalue weighted by Crippen LogP contribution is -2.31. The van der Waals surface area contributed by atoms with Gasteiger partial charge in [-0.1, -0.05) is 19.6 Å². The van der Waals surface area contributed by atoms with Crippen LogP contribution < -0.4 is 0 Å². The highest BCUT2D eigenvalue weighted by Crippen LogP contribution is 2.22. The van der Waals surface area contributed by atoms with Gasteiger partial charge in [0.2, 0.25) is 8.32 Å². The molecule has 0 atom stereocenters. The maximum Gasteiger partial charge on any atom is 0.259 e. The van der Waals surface area contributed by atoms with Gasteiger partial charge in [0.05, 0.1) is 14.7 Å². The molecule has 15 heavy (non-hydrogen) atoms. The Hall–Kier alpha value is -0.226. The molecule has 0 amide bonds. The lowest BCUT2D eigenvalue weighted by Gasteiger charge is -2.27. The molecule has 0 aliphatic heterocycles. The molecular weight excluding hydrogens is 220 g/mol. The van der Waals surface area contributed by atoms with Crippen LogP contribution in [0.2, 0.25) is 39.3 Å². The molecule has 0 aliphatic rings. The van der Waals surface area contributed by atoms with E-state index in [1.54, 1.807) is 0 Å². The second-order valence-electron chi connectivity index (χ2n) is 5.81. The standard InChI is InChI=1S/C11H26O2Si2/c1-9-12-11(13-15(6,7)8)10(2)14(3,4)5/h9H2,1-8H3/b11-10-. The predicted molar refractivity (Wildman–Crippen MR) is 72.1 cm³/mol. The Balaban J connectivity index is 4.95. The molecule has 4 heteroatoms. The summed E-state index contributed by atoms with van der Waals surface area (Å²) in [5.41, 5.74) is 0. The van der Waals surface area contributed by atoms with E-state index in [-0.39, 0.29) is 0 Å². The molecule has 90 valence electrons. The summed E-state index contributed by atoms with van der Waals surface area (Å²) in [4.78, 5) is 0. The molecule has 2 nitrogen and oxygen atoms in total. The normalized spacial score (nSPS) is 14.7. The van der Waals surface area contributed by atoms with E-state index in [0.717, 1.165) is 5.95 Å². The Kier molecular flexibility index (Phi) is 5.13. The van der Waals surface area contributed by atoms with Crippen LogP contribution in [0.1, 0.15) is 13.8 Å². The number of hydrogen-bond acceptors (Lipinski definition) is 2. The van der Waals surface area contributed by atoms with Gasteiger partial charge in [-0.25, -0.2) is 0 Å². The number of allylic oxidation sites excluding steroid dienone is 1. The van der Waals surface area contributed by atoms with Crippen molar-refractivity contribution in [2.75, 3.05) is 6.61 Å². The third-order valence-electron chi connectivity index (χ3n) is 2.11. The van der Waals surface area contributed by atoms with Crippen molar-refractivity contribution in [3.05, 3.63) is 11.1 Å². The summed E-state index contributed by atoms with van der Waals surface area (Å²) < 4.78 is 11.6. The van der Waals surface area contributed by atoms with E-state index in [2.05, 4.69) is 46.2 Å². The SMILES string of the molecule is CCO/C(O[Si](C)(C)C)=C(\C)[Si](C)(C)C. The van der Waals surface area contributed by atoms with Crippen molar-refractivity contribution in [2.24, 2.45) is 0 Å². The molecule has 0 heterocycles. The zero-order valence-corrected chi connectivity index (χ0v) is 13.5. The molecule has 0 aromatic heterocycles. The summed E-state index contributed by atoms with van der Waals surface area (Å²) in [5.74, 6) is 0.802. The summed E-state index contributed by atoms with van der Waals surface area (Å²) in [6.45, 7) is 18.3. The minimum Gasteiger partial charge on any atom is -0.520 e. The molecule has 0 aromatic carbocycles. The second kappa shape index (κ2) is 5.21. The Labute approximate surface area is 96.8 Å². The summed E-state index contributed by atoms with van der Waals surface area (Å²) in [7, 11) is -2.87. The van der Waals surface area contributed by atoms with Crippen molar-refractivity contribution in [1.82, 2.24) is 0 Å². The Morgan fingerprint density at radius 2 is 1.47 bits per heavy atom. The maximum atomic E-state index is 6.00. The highest BCUT2D eigenvalue weighted by atomic mass is 28.4. The molecule has 0 N–H and O–H groups in total. The van der Waals surface area contributed by atoms with E-state index in [0.29, 0.717) is 6.61 Å². The molecule has 0 saturated heterocycles. The van der Waals surface area contributed by atoms with Gasteiger partial charge in [0.1, 0.15) is 0 Å². The van der Waals surface area contributed by atoms with Gasteiger partial charge in [-0.3, -0.25) is 0 Å². The lowest BCUT2D eigenvalue weighted by molar-refractivity contribution is 0.110. The van der Waals surface area contributed by atoms with Gasteiger partial charge in [0, 0.05) is 0 Å². The molecule has 0 aliphatic carbocycles. The molecule has 0 saturated carbocycles. The molecule has 0 aromatic rings. The average Bonchev–Trinajstić information content (AvgIpc) is 1.98. The first-order chi connectivity index (χ1) is 6.58. The minimum absolute atomic E-state index is 0.682. The molecule has 0 radical (unpaired) electrons. The van der Waals surface area contributed by atoms with Gasteiger partial charge in [0.25, 0.3) is 5.95 Å². The fourth-order valence-corrected chi connectivity index (χ4v) is 2.54. The monoisotopic (exact) mass is 246 g/mol. The van der Waals surface area contributed by atoms with E-state index < -0.39 is 16.4 Å². The first kappa shape index (κ1) is 14.8. The van der Waals surface area contributed by atoms with Crippen molar-refractivity contribution in [3.63, 3.8) is 0 Å². The highest BCUT2D eigenvalue weighted by molar-refractivity contribution is 6.83. The number of ether oxygens (including phenoxy) is 1. The number of hydrogen-bond donors (Lipinski definition) is 0. The van der Waals surface area contributed by atoms with Crippen molar-refractivity contribution < 1.29 is 9.16 Å². The highest BCUT2D eigenvalue weighted by Gasteiger charge is 2.26. The summed E-state index contributed by atoms with van der Waals surface area (Å²) >= 11 is 0. The Bertz CT molecular complexity index is 234. The fraction of sp³-hybridized carbons (Fsp3) is 0.818. The third-order valence-corrected chi connectivity index (χ3v) is 5.36. The van der Waals surface area contributed by atoms with Crippen molar-refractivity contribution >= 4 is 16.4 Å². The molecule has 0 bridgehead atoms. The lowest BCUT2D eigenvalue weighted by atomic mass is 10.7. The van der Waals surface area contributed by atoms with Crippen LogP contribution in [0.25, 0.3) is 0 Å². The fourth-order valence-electron chi connectivity index (χ4n) is 0.930. The van der Waals surface area contributed by atoms with Crippen LogP contribution >= 0.6 is 0 Å². The van der Waals surface area contributed by atoms with Gasteiger partial charge in [0.15, 0.2) is 0 Å². The van der Waals surface area contributed by atoms with Crippen LogP contribution in [-0.2, 0) is 9.16 Å². The first-order valence-electron chi connectivity index (χ1n) is 5.61. The topological polar surface area (TPSA) is 18.5 Å². The van der Waals surface area contributed by atoms with Gasteiger partial charge in [-0.2, -0.15) is 0 Å². The maximum absolute atomic E-state index is 6.00. The van der Waals surface area contributed by atoms with E-state index in [9.17, 15) is 0 Å². The number of rotatable bonds is 5. The smallest absolute Gasteiger partial charge is 0.259 e. The summed E-state index contributed by atoms with van der Waals surface area (Å²) in [6, 6.07) is 0.